The lowest BCUT2D eigenvalue weighted by atomic mass is 10.3. The summed E-state index contributed by atoms with van der Waals surface area (Å²) in [5, 5.41) is 3.22. The highest BCUT2D eigenvalue weighted by Gasteiger charge is 2.12. The molecule has 0 radical (unpaired) electrons. The smallest absolute Gasteiger partial charge is 0.246 e. The van der Waals surface area contributed by atoms with Gasteiger partial charge in [-0.15, -0.1) is 0 Å². The molecule has 1 heterocycles. The summed E-state index contributed by atoms with van der Waals surface area (Å²) in [6.07, 6.45) is 3.58. The highest BCUT2D eigenvalue weighted by Crippen LogP contribution is 1.94. The molecule has 1 amide bonds. The van der Waals surface area contributed by atoms with Gasteiger partial charge in [0.25, 0.3) is 0 Å². The lowest BCUT2D eigenvalue weighted by molar-refractivity contribution is -0.126. The molecule has 80 valence electrons. The number of carbonyl (C=O) groups is 1. The van der Waals surface area contributed by atoms with E-state index in [1.54, 1.807) is 6.08 Å². The molecule has 1 fully saturated rings. The molecular weight excluding hydrogens is 178 g/mol. The van der Waals surface area contributed by atoms with E-state index in [2.05, 4.69) is 5.32 Å². The highest BCUT2D eigenvalue weighted by molar-refractivity contribution is 5.87. The summed E-state index contributed by atoms with van der Waals surface area (Å²) < 4.78 is 0. The molecule has 4 heteroatoms. The minimum absolute atomic E-state index is 0.133. The van der Waals surface area contributed by atoms with E-state index in [0.29, 0.717) is 0 Å². The second-order valence-corrected chi connectivity index (χ2v) is 3.74. The molecule has 1 N–H and O–H groups in total. The van der Waals surface area contributed by atoms with Crippen LogP contribution in [0.4, 0.5) is 0 Å². The molecule has 1 aliphatic rings. The van der Waals surface area contributed by atoms with Crippen molar-refractivity contribution in [2.75, 3.05) is 46.8 Å². The molecule has 0 spiro atoms. The first-order chi connectivity index (χ1) is 6.70. The van der Waals surface area contributed by atoms with Gasteiger partial charge in [0, 0.05) is 38.8 Å². The van der Waals surface area contributed by atoms with E-state index in [1.807, 2.05) is 30.0 Å². The maximum absolute atomic E-state index is 11.6. The molecule has 0 aromatic heterocycles. The summed E-state index contributed by atoms with van der Waals surface area (Å²) in [5.41, 5.74) is 0. The molecule has 0 aliphatic carbocycles. The van der Waals surface area contributed by atoms with Crippen LogP contribution in [0.25, 0.3) is 0 Å². The van der Waals surface area contributed by atoms with Crippen molar-refractivity contribution in [3.8, 4) is 0 Å². The molecule has 4 nitrogen and oxygen atoms in total. The van der Waals surface area contributed by atoms with Gasteiger partial charge in [0.2, 0.25) is 5.91 Å². The van der Waals surface area contributed by atoms with Crippen LogP contribution in [-0.2, 0) is 4.79 Å². The molecular formula is C10H19N3O. The van der Waals surface area contributed by atoms with Crippen LogP contribution in [0.15, 0.2) is 12.2 Å². The van der Waals surface area contributed by atoms with Crippen LogP contribution in [-0.4, -0.2) is 62.5 Å². The van der Waals surface area contributed by atoms with Gasteiger partial charge >= 0.3 is 0 Å². The van der Waals surface area contributed by atoms with Gasteiger partial charge in [-0.2, -0.15) is 0 Å². The van der Waals surface area contributed by atoms with Gasteiger partial charge in [0.05, 0.1) is 0 Å². The van der Waals surface area contributed by atoms with Gasteiger partial charge in [0.15, 0.2) is 0 Å². The van der Waals surface area contributed by atoms with Gasteiger partial charge in [-0.05, 0) is 14.1 Å². The van der Waals surface area contributed by atoms with Crippen molar-refractivity contribution in [1.82, 2.24) is 15.1 Å². The Kier molecular flexibility index (Phi) is 4.62. The van der Waals surface area contributed by atoms with E-state index in [-0.39, 0.29) is 5.91 Å². The van der Waals surface area contributed by atoms with Gasteiger partial charge < -0.3 is 15.1 Å². The lowest BCUT2D eigenvalue weighted by Crippen LogP contribution is -2.45. The number of hydrogen-bond acceptors (Lipinski definition) is 3. The minimum atomic E-state index is 0.133. The standard InChI is InChI=1S/C10H19N3O/c1-12(2)7-3-4-10(14)13-8-5-11-6-9-13/h3-4,11H,5-9H2,1-2H3/b4-3+. The number of amides is 1. The summed E-state index contributed by atoms with van der Waals surface area (Å²) in [4.78, 5) is 15.5. The Morgan fingerprint density at radius 1 is 1.43 bits per heavy atom. The first kappa shape index (κ1) is 11.2. The molecule has 1 saturated heterocycles. The number of hydrogen-bond donors (Lipinski definition) is 1. The average molecular weight is 197 g/mol. The third-order valence-corrected chi connectivity index (χ3v) is 2.16. The molecule has 0 unspecified atom stereocenters. The normalized spacial score (nSPS) is 18.1. The van der Waals surface area contributed by atoms with Gasteiger partial charge in [-0.1, -0.05) is 6.08 Å². The molecule has 1 aliphatic heterocycles. The number of likely N-dealkylation sites (N-methyl/N-ethyl adjacent to an activating group) is 1. The number of piperazine rings is 1. The van der Waals surface area contributed by atoms with Crippen molar-refractivity contribution in [1.29, 1.82) is 0 Å². The van der Waals surface area contributed by atoms with Crippen LogP contribution in [0.5, 0.6) is 0 Å². The number of nitrogens with zero attached hydrogens (tertiary/aromatic N) is 2. The van der Waals surface area contributed by atoms with Gasteiger partial charge in [-0.3, -0.25) is 4.79 Å². The number of carbonyl (C=O) groups excluding carboxylic acids is 1. The summed E-state index contributed by atoms with van der Waals surface area (Å²) in [6.45, 7) is 4.29. The first-order valence-corrected chi connectivity index (χ1v) is 5.01. The van der Waals surface area contributed by atoms with Crippen LogP contribution in [0.1, 0.15) is 0 Å². The molecule has 0 aromatic carbocycles. The van der Waals surface area contributed by atoms with Crippen molar-refractivity contribution in [2.45, 2.75) is 0 Å². The summed E-state index contributed by atoms with van der Waals surface area (Å²) in [5.74, 6) is 0.133. The zero-order chi connectivity index (χ0) is 10.4. The van der Waals surface area contributed by atoms with E-state index in [1.165, 1.54) is 0 Å². The Balaban J connectivity index is 2.29. The molecule has 14 heavy (non-hydrogen) atoms. The van der Waals surface area contributed by atoms with E-state index in [0.717, 1.165) is 32.7 Å². The van der Waals surface area contributed by atoms with Crippen LogP contribution in [0, 0.1) is 0 Å². The van der Waals surface area contributed by atoms with Crippen molar-refractivity contribution in [3.63, 3.8) is 0 Å². The first-order valence-electron chi connectivity index (χ1n) is 5.01. The fourth-order valence-corrected chi connectivity index (χ4v) is 1.35. The quantitative estimate of drug-likeness (QED) is 0.622. The fraction of sp³-hybridized carbons (Fsp3) is 0.700. The second kappa shape index (κ2) is 5.78. The maximum atomic E-state index is 11.6. The summed E-state index contributed by atoms with van der Waals surface area (Å²) >= 11 is 0. The highest BCUT2D eigenvalue weighted by atomic mass is 16.2. The van der Waals surface area contributed by atoms with Crippen molar-refractivity contribution in [2.24, 2.45) is 0 Å². The van der Waals surface area contributed by atoms with Crippen molar-refractivity contribution < 1.29 is 4.79 Å². The second-order valence-electron chi connectivity index (χ2n) is 3.74. The summed E-state index contributed by atoms with van der Waals surface area (Å²) in [6, 6.07) is 0. The molecule has 1 rings (SSSR count). The summed E-state index contributed by atoms with van der Waals surface area (Å²) in [7, 11) is 3.97. The van der Waals surface area contributed by atoms with Crippen molar-refractivity contribution in [3.05, 3.63) is 12.2 Å². The van der Waals surface area contributed by atoms with Crippen LogP contribution >= 0.6 is 0 Å². The fourth-order valence-electron chi connectivity index (χ4n) is 1.35. The Morgan fingerprint density at radius 3 is 2.64 bits per heavy atom. The topological polar surface area (TPSA) is 35.6 Å². The van der Waals surface area contributed by atoms with Crippen LogP contribution in [0.3, 0.4) is 0 Å². The zero-order valence-electron chi connectivity index (χ0n) is 8.99. The van der Waals surface area contributed by atoms with E-state index < -0.39 is 0 Å². The third-order valence-electron chi connectivity index (χ3n) is 2.16. The van der Waals surface area contributed by atoms with E-state index in [9.17, 15) is 4.79 Å². The molecule has 0 atom stereocenters. The predicted octanol–water partition coefficient (Wildman–Crippen LogP) is -0.464. The van der Waals surface area contributed by atoms with Crippen LogP contribution < -0.4 is 5.32 Å². The number of nitrogens with one attached hydrogen (secondary N) is 1. The Morgan fingerprint density at radius 2 is 2.07 bits per heavy atom. The molecule has 0 aromatic rings. The molecule has 0 saturated carbocycles. The lowest BCUT2D eigenvalue weighted by Gasteiger charge is -2.26. The Bertz CT molecular complexity index is 207. The monoisotopic (exact) mass is 197 g/mol. The largest absolute Gasteiger partial charge is 0.337 e. The predicted molar refractivity (Wildman–Crippen MR) is 57.1 cm³/mol. The average Bonchev–Trinajstić information content (AvgIpc) is 2.18. The van der Waals surface area contributed by atoms with Gasteiger partial charge in [-0.25, -0.2) is 0 Å². The SMILES string of the molecule is CN(C)C/C=C/C(=O)N1CCNCC1. The maximum Gasteiger partial charge on any atom is 0.246 e. The molecule has 0 bridgehead atoms. The number of rotatable bonds is 3. The van der Waals surface area contributed by atoms with Crippen molar-refractivity contribution >= 4 is 5.91 Å². The third kappa shape index (κ3) is 3.89. The zero-order valence-corrected chi connectivity index (χ0v) is 8.99. The van der Waals surface area contributed by atoms with Gasteiger partial charge in [0.1, 0.15) is 0 Å². The van der Waals surface area contributed by atoms with E-state index in [4.69, 9.17) is 0 Å². The Hall–Kier alpha value is -0.870. The van der Waals surface area contributed by atoms with Crippen LogP contribution in [0.2, 0.25) is 0 Å². The van der Waals surface area contributed by atoms with E-state index >= 15 is 0 Å². The Labute approximate surface area is 85.6 Å². The minimum Gasteiger partial charge on any atom is -0.337 e.